The van der Waals surface area contributed by atoms with E-state index in [0.29, 0.717) is 6.04 Å². The second kappa shape index (κ2) is 6.51. The predicted molar refractivity (Wildman–Crippen MR) is 62.9 cm³/mol. The van der Waals surface area contributed by atoms with E-state index in [9.17, 15) is 0 Å². The van der Waals surface area contributed by atoms with Gasteiger partial charge in [0, 0.05) is 23.9 Å². The van der Waals surface area contributed by atoms with E-state index >= 15 is 0 Å². The van der Waals surface area contributed by atoms with Crippen molar-refractivity contribution in [1.29, 1.82) is 0 Å². The first-order valence-corrected chi connectivity index (χ1v) is 5.77. The zero-order chi connectivity index (χ0) is 11.1. The van der Waals surface area contributed by atoms with E-state index in [1.54, 1.807) is 6.33 Å². The molecule has 84 valence electrons. The van der Waals surface area contributed by atoms with E-state index in [0.717, 1.165) is 37.1 Å². The monoisotopic (exact) mass is 207 g/mol. The Labute approximate surface area is 92.3 Å². The van der Waals surface area contributed by atoms with E-state index in [2.05, 4.69) is 35.2 Å². The number of aromatic nitrogens is 2. The van der Waals surface area contributed by atoms with Gasteiger partial charge in [0.15, 0.2) is 0 Å². The maximum absolute atomic E-state index is 4.31. The quantitative estimate of drug-likeness (QED) is 0.775. The average Bonchev–Trinajstić information content (AvgIpc) is 2.27. The molecule has 1 N–H and O–H groups in total. The summed E-state index contributed by atoms with van der Waals surface area (Å²) in [6.07, 6.45) is 5.99. The number of nitrogens with zero attached hydrogens (tertiary/aromatic N) is 2. The lowest BCUT2D eigenvalue weighted by atomic mass is 10.1. The molecule has 1 aromatic rings. The fraction of sp³-hybridized carbons (Fsp3) is 0.667. The van der Waals surface area contributed by atoms with Gasteiger partial charge in [-0.15, -0.1) is 0 Å². The molecule has 0 aliphatic heterocycles. The Bertz CT molecular complexity index is 282. The van der Waals surface area contributed by atoms with Crippen LogP contribution in [0, 0.1) is 0 Å². The minimum absolute atomic E-state index is 0.523. The highest BCUT2D eigenvalue weighted by molar-refractivity contribution is 5.09. The normalized spacial score (nSPS) is 12.7. The Balaban J connectivity index is 2.64. The van der Waals surface area contributed by atoms with Crippen molar-refractivity contribution in [3.05, 3.63) is 23.8 Å². The predicted octanol–water partition coefficient (Wildman–Crippen LogP) is 1.97. The Hall–Kier alpha value is -0.960. The smallest absolute Gasteiger partial charge is 0.115 e. The van der Waals surface area contributed by atoms with Gasteiger partial charge in [-0.3, -0.25) is 0 Å². The molecule has 1 rings (SSSR count). The summed E-state index contributed by atoms with van der Waals surface area (Å²) in [5.41, 5.74) is 2.31. The third-order valence-corrected chi connectivity index (χ3v) is 2.64. The average molecular weight is 207 g/mol. The molecule has 1 unspecified atom stereocenters. The van der Waals surface area contributed by atoms with E-state index < -0.39 is 0 Å². The topological polar surface area (TPSA) is 37.8 Å². The molecular weight excluding hydrogens is 186 g/mol. The summed E-state index contributed by atoms with van der Waals surface area (Å²) in [7, 11) is 2.00. The van der Waals surface area contributed by atoms with Crippen molar-refractivity contribution in [2.75, 3.05) is 7.05 Å². The minimum atomic E-state index is 0.523. The molecular formula is C12H21N3. The molecule has 0 aromatic carbocycles. The van der Waals surface area contributed by atoms with Crippen LogP contribution in [0.15, 0.2) is 12.4 Å². The van der Waals surface area contributed by atoms with Crippen LogP contribution < -0.4 is 5.32 Å². The van der Waals surface area contributed by atoms with Crippen LogP contribution in [-0.2, 0) is 12.8 Å². The van der Waals surface area contributed by atoms with Gasteiger partial charge < -0.3 is 5.32 Å². The molecule has 3 heteroatoms. The molecule has 1 aromatic heterocycles. The number of hydrogen-bond donors (Lipinski definition) is 1. The van der Waals surface area contributed by atoms with Crippen LogP contribution in [0.2, 0.25) is 0 Å². The van der Waals surface area contributed by atoms with Crippen LogP contribution >= 0.6 is 0 Å². The Morgan fingerprint density at radius 3 is 2.60 bits per heavy atom. The number of likely N-dealkylation sites (N-methyl/N-ethyl adjacent to an activating group) is 1. The van der Waals surface area contributed by atoms with Gasteiger partial charge in [0.1, 0.15) is 6.33 Å². The van der Waals surface area contributed by atoms with Gasteiger partial charge in [-0.05, 0) is 26.0 Å². The molecule has 0 saturated carbocycles. The second-order valence-electron chi connectivity index (χ2n) is 3.85. The zero-order valence-electron chi connectivity index (χ0n) is 9.95. The summed E-state index contributed by atoms with van der Waals surface area (Å²) in [6.45, 7) is 4.36. The van der Waals surface area contributed by atoms with Gasteiger partial charge >= 0.3 is 0 Å². The van der Waals surface area contributed by atoms with Gasteiger partial charge in [-0.25, -0.2) is 9.97 Å². The van der Waals surface area contributed by atoms with E-state index in [-0.39, 0.29) is 0 Å². The van der Waals surface area contributed by atoms with Gasteiger partial charge in [-0.1, -0.05) is 20.3 Å². The van der Waals surface area contributed by atoms with Crippen LogP contribution in [0.25, 0.3) is 0 Å². The van der Waals surface area contributed by atoms with E-state index in [1.807, 2.05) is 7.05 Å². The molecule has 0 aliphatic carbocycles. The Kier molecular flexibility index (Phi) is 5.26. The second-order valence-corrected chi connectivity index (χ2v) is 3.85. The van der Waals surface area contributed by atoms with Crippen molar-refractivity contribution in [2.45, 2.75) is 45.6 Å². The zero-order valence-corrected chi connectivity index (χ0v) is 9.95. The Morgan fingerprint density at radius 2 is 2.00 bits per heavy atom. The largest absolute Gasteiger partial charge is 0.317 e. The summed E-state index contributed by atoms with van der Waals surface area (Å²) >= 11 is 0. The molecule has 0 radical (unpaired) electrons. The lowest BCUT2D eigenvalue weighted by Gasteiger charge is -2.13. The molecule has 0 saturated heterocycles. The van der Waals surface area contributed by atoms with Crippen LogP contribution in [0.4, 0.5) is 0 Å². The third kappa shape index (κ3) is 3.96. The number of hydrogen-bond acceptors (Lipinski definition) is 3. The first-order chi connectivity index (χ1) is 7.30. The van der Waals surface area contributed by atoms with Crippen molar-refractivity contribution >= 4 is 0 Å². The highest BCUT2D eigenvalue weighted by Gasteiger charge is 2.06. The molecule has 1 heterocycles. The molecule has 15 heavy (non-hydrogen) atoms. The van der Waals surface area contributed by atoms with Crippen LogP contribution in [0.1, 0.15) is 38.1 Å². The standard InChI is InChI=1S/C12H21N3/c1-4-6-11-8-12(15-9-14-11)7-10(5-2)13-3/h8-10,13H,4-7H2,1-3H3. The maximum Gasteiger partial charge on any atom is 0.115 e. The summed E-state index contributed by atoms with van der Waals surface area (Å²) in [6, 6.07) is 2.65. The molecule has 0 fully saturated rings. The van der Waals surface area contributed by atoms with Crippen molar-refractivity contribution in [3.8, 4) is 0 Å². The molecule has 0 spiro atoms. The van der Waals surface area contributed by atoms with Gasteiger partial charge in [-0.2, -0.15) is 0 Å². The van der Waals surface area contributed by atoms with Crippen molar-refractivity contribution in [1.82, 2.24) is 15.3 Å². The Morgan fingerprint density at radius 1 is 1.27 bits per heavy atom. The third-order valence-electron chi connectivity index (χ3n) is 2.64. The van der Waals surface area contributed by atoms with Crippen molar-refractivity contribution in [3.63, 3.8) is 0 Å². The van der Waals surface area contributed by atoms with Gasteiger partial charge in [0.2, 0.25) is 0 Å². The lowest BCUT2D eigenvalue weighted by molar-refractivity contribution is 0.536. The molecule has 0 aliphatic rings. The van der Waals surface area contributed by atoms with E-state index in [1.165, 1.54) is 0 Å². The highest BCUT2D eigenvalue weighted by Crippen LogP contribution is 2.05. The molecule has 0 amide bonds. The minimum Gasteiger partial charge on any atom is -0.317 e. The first-order valence-electron chi connectivity index (χ1n) is 5.77. The number of aryl methyl sites for hydroxylation is 1. The maximum atomic E-state index is 4.31. The summed E-state index contributed by atoms with van der Waals surface area (Å²) in [5, 5.41) is 3.29. The van der Waals surface area contributed by atoms with Gasteiger partial charge in [0.25, 0.3) is 0 Å². The summed E-state index contributed by atoms with van der Waals surface area (Å²) in [5.74, 6) is 0. The molecule has 0 bridgehead atoms. The first kappa shape index (κ1) is 12.1. The highest BCUT2D eigenvalue weighted by atomic mass is 14.9. The SMILES string of the molecule is CCCc1cc(CC(CC)NC)ncn1. The molecule has 1 atom stereocenters. The van der Waals surface area contributed by atoms with Crippen LogP contribution in [0.3, 0.4) is 0 Å². The number of nitrogens with one attached hydrogen (secondary N) is 1. The van der Waals surface area contributed by atoms with Crippen molar-refractivity contribution in [2.24, 2.45) is 0 Å². The van der Waals surface area contributed by atoms with Crippen LogP contribution in [-0.4, -0.2) is 23.1 Å². The summed E-state index contributed by atoms with van der Waals surface area (Å²) < 4.78 is 0. The number of rotatable bonds is 6. The lowest BCUT2D eigenvalue weighted by Crippen LogP contribution is -2.27. The molecule has 3 nitrogen and oxygen atoms in total. The fourth-order valence-electron chi connectivity index (χ4n) is 1.65. The van der Waals surface area contributed by atoms with Crippen LogP contribution in [0.5, 0.6) is 0 Å². The van der Waals surface area contributed by atoms with E-state index in [4.69, 9.17) is 0 Å². The van der Waals surface area contributed by atoms with Gasteiger partial charge in [0.05, 0.1) is 0 Å². The van der Waals surface area contributed by atoms with Crippen molar-refractivity contribution < 1.29 is 0 Å². The fourth-order valence-corrected chi connectivity index (χ4v) is 1.65. The summed E-state index contributed by atoms with van der Waals surface area (Å²) in [4.78, 5) is 8.56.